The number of ether oxygens (including phenoxy) is 1. The number of methoxy groups -OCH3 is 1. The molecule has 0 unspecified atom stereocenters. The smallest absolute Gasteiger partial charge is 0.407 e. The van der Waals surface area contributed by atoms with E-state index in [1.54, 1.807) is 0 Å². The Morgan fingerprint density at radius 3 is 2.76 bits per heavy atom. The van der Waals surface area contributed by atoms with Gasteiger partial charge in [-0.1, -0.05) is 0 Å². The molecule has 1 aliphatic heterocycles. The number of likely N-dealkylation sites (tertiary alicyclic amines) is 1. The largest absolute Gasteiger partial charge is 0.465 e. The van der Waals surface area contributed by atoms with Gasteiger partial charge in [0.25, 0.3) is 5.91 Å². The lowest BCUT2D eigenvalue weighted by atomic mass is 10.0. The minimum Gasteiger partial charge on any atom is -0.465 e. The lowest BCUT2D eigenvalue weighted by molar-refractivity contribution is 0.0100. The minimum absolute atomic E-state index is 0.171. The molecule has 10 heteroatoms. The fraction of sp³-hybridized carbons (Fsp3) is 0.545. The Labute approximate surface area is 137 Å². The summed E-state index contributed by atoms with van der Waals surface area (Å²) in [6.45, 7) is 0.577. The molecule has 8 nitrogen and oxygen atoms in total. The van der Waals surface area contributed by atoms with E-state index in [4.69, 9.17) is 9.84 Å². The highest BCUT2D eigenvalue weighted by molar-refractivity contribution is 9.13. The maximum Gasteiger partial charge on any atom is 0.407 e. The van der Waals surface area contributed by atoms with Crippen LogP contribution in [0.5, 0.6) is 0 Å². The normalized spacial score (nSPS) is 22.1. The Bertz CT molecular complexity index is 531. The molecule has 1 aliphatic rings. The molecular weight excluding hydrogens is 412 g/mol. The first-order valence-electron chi connectivity index (χ1n) is 6.15. The quantitative estimate of drug-likeness (QED) is 0.678. The van der Waals surface area contributed by atoms with Gasteiger partial charge >= 0.3 is 6.09 Å². The van der Waals surface area contributed by atoms with E-state index in [1.807, 2.05) is 0 Å². The molecule has 0 radical (unpaired) electrons. The van der Waals surface area contributed by atoms with Crippen molar-refractivity contribution >= 4 is 43.9 Å². The fourth-order valence-corrected chi connectivity index (χ4v) is 2.72. The van der Waals surface area contributed by atoms with Crippen LogP contribution in [0.2, 0.25) is 0 Å². The maximum atomic E-state index is 12.1. The molecule has 0 saturated carbocycles. The van der Waals surface area contributed by atoms with E-state index >= 15 is 0 Å². The fourth-order valence-electron chi connectivity index (χ4n) is 2.17. The molecule has 2 rings (SSSR count). The molecule has 21 heavy (non-hydrogen) atoms. The van der Waals surface area contributed by atoms with Crippen LogP contribution < -0.4 is 5.32 Å². The first-order chi connectivity index (χ1) is 9.92. The predicted molar refractivity (Wildman–Crippen MR) is 80.3 cm³/mol. The van der Waals surface area contributed by atoms with Crippen LogP contribution >= 0.6 is 31.9 Å². The van der Waals surface area contributed by atoms with Gasteiger partial charge in [-0.25, -0.2) is 9.78 Å². The number of amides is 2. The number of aromatic nitrogens is 2. The lowest BCUT2D eigenvalue weighted by Crippen LogP contribution is -2.55. The molecule has 0 aliphatic carbocycles. The summed E-state index contributed by atoms with van der Waals surface area (Å²) in [5, 5.41) is 11.8. The van der Waals surface area contributed by atoms with Gasteiger partial charge in [-0.2, -0.15) is 0 Å². The number of imidazole rings is 1. The summed E-state index contributed by atoms with van der Waals surface area (Å²) in [7, 11) is 1.50. The second-order valence-electron chi connectivity index (χ2n) is 4.56. The number of nitrogens with one attached hydrogen (secondary N) is 2. The Morgan fingerprint density at radius 1 is 1.52 bits per heavy atom. The number of aromatic amines is 1. The van der Waals surface area contributed by atoms with Crippen molar-refractivity contribution in [1.29, 1.82) is 0 Å². The Hall–Kier alpha value is -1.13. The van der Waals surface area contributed by atoms with Crippen molar-refractivity contribution in [3.8, 4) is 0 Å². The van der Waals surface area contributed by atoms with E-state index in [-0.39, 0.29) is 30.4 Å². The van der Waals surface area contributed by atoms with Crippen molar-refractivity contribution in [1.82, 2.24) is 20.2 Å². The van der Waals surface area contributed by atoms with Crippen LogP contribution in [0.4, 0.5) is 4.79 Å². The van der Waals surface area contributed by atoms with Gasteiger partial charge in [0.1, 0.15) is 9.21 Å². The summed E-state index contributed by atoms with van der Waals surface area (Å²) in [6.07, 6.45) is -0.888. The van der Waals surface area contributed by atoms with Gasteiger partial charge in [0, 0.05) is 13.7 Å². The van der Waals surface area contributed by atoms with Crippen LogP contribution in [0.15, 0.2) is 9.21 Å². The molecular formula is C11H14Br2N4O4. The third kappa shape index (κ3) is 3.74. The molecule has 116 valence electrons. The first kappa shape index (κ1) is 16.2. The Morgan fingerprint density at radius 2 is 2.24 bits per heavy atom. The molecule has 2 atom stereocenters. The summed E-state index contributed by atoms with van der Waals surface area (Å²) in [5.74, 6) is -0.193. The van der Waals surface area contributed by atoms with Gasteiger partial charge < -0.3 is 25.0 Å². The van der Waals surface area contributed by atoms with Crippen LogP contribution in [0.25, 0.3) is 0 Å². The molecule has 1 fully saturated rings. The monoisotopic (exact) mass is 424 g/mol. The lowest BCUT2D eigenvalue weighted by Gasteiger charge is -2.36. The van der Waals surface area contributed by atoms with Gasteiger partial charge in [-0.05, 0) is 38.3 Å². The number of hydrogen-bond acceptors (Lipinski definition) is 4. The number of rotatable bonds is 3. The second-order valence-corrected chi connectivity index (χ2v) is 6.11. The molecule has 1 aromatic rings. The Kier molecular flexibility index (Phi) is 5.22. The molecule has 0 spiro atoms. The first-order valence-corrected chi connectivity index (χ1v) is 7.73. The van der Waals surface area contributed by atoms with Crippen molar-refractivity contribution in [2.75, 3.05) is 20.2 Å². The van der Waals surface area contributed by atoms with Crippen LogP contribution in [0.3, 0.4) is 0 Å². The van der Waals surface area contributed by atoms with E-state index < -0.39 is 6.09 Å². The highest BCUT2D eigenvalue weighted by atomic mass is 79.9. The van der Waals surface area contributed by atoms with Crippen molar-refractivity contribution in [2.24, 2.45) is 0 Å². The molecule has 2 amide bonds. The summed E-state index contributed by atoms with van der Waals surface area (Å²) < 4.78 is 6.37. The van der Waals surface area contributed by atoms with Gasteiger partial charge in [-0.3, -0.25) is 4.79 Å². The van der Waals surface area contributed by atoms with Crippen LogP contribution in [-0.4, -0.2) is 64.3 Å². The van der Waals surface area contributed by atoms with Gasteiger partial charge in [0.15, 0.2) is 5.82 Å². The van der Waals surface area contributed by atoms with Crippen LogP contribution in [0, 0.1) is 0 Å². The minimum atomic E-state index is -0.985. The summed E-state index contributed by atoms with van der Waals surface area (Å²) in [5.41, 5.74) is 0. The maximum absolute atomic E-state index is 12.1. The highest BCUT2D eigenvalue weighted by Crippen LogP contribution is 2.20. The molecule has 0 aromatic carbocycles. The average molecular weight is 426 g/mol. The van der Waals surface area contributed by atoms with E-state index in [0.717, 1.165) is 0 Å². The third-order valence-corrected chi connectivity index (χ3v) is 4.96. The van der Waals surface area contributed by atoms with E-state index in [0.29, 0.717) is 22.2 Å². The average Bonchev–Trinajstić information content (AvgIpc) is 2.79. The molecule has 1 aromatic heterocycles. The second kappa shape index (κ2) is 6.75. The standard InChI is InChI=1S/C11H14Br2N4O4/c1-21-6-4-17(11(19)20)3-2-5(6)14-10(18)9-15-7(12)8(13)16-9/h5-6H,2-4H2,1H3,(H,14,18)(H,15,16)(H,19,20)/t5-,6+/m1/s1. The van der Waals surface area contributed by atoms with Gasteiger partial charge in [0.05, 0.1) is 18.7 Å². The molecule has 0 bridgehead atoms. The SMILES string of the molecule is CO[C@H]1CN(C(=O)O)CC[C@H]1NC(=O)c1nc(Br)c(Br)[nH]1. The zero-order valence-corrected chi connectivity index (χ0v) is 14.3. The third-order valence-electron chi connectivity index (χ3n) is 3.28. The van der Waals surface area contributed by atoms with Crippen molar-refractivity contribution in [3.63, 3.8) is 0 Å². The number of carbonyl (C=O) groups is 2. The van der Waals surface area contributed by atoms with Crippen molar-refractivity contribution < 1.29 is 19.4 Å². The van der Waals surface area contributed by atoms with Crippen LogP contribution in [0.1, 0.15) is 17.0 Å². The summed E-state index contributed by atoms with van der Waals surface area (Å²) >= 11 is 6.41. The number of nitrogens with zero attached hydrogens (tertiary/aromatic N) is 2. The molecule has 1 saturated heterocycles. The highest BCUT2D eigenvalue weighted by Gasteiger charge is 2.33. The van der Waals surface area contributed by atoms with Crippen molar-refractivity contribution in [3.05, 3.63) is 15.0 Å². The number of carbonyl (C=O) groups excluding carboxylic acids is 1. The summed E-state index contributed by atoms with van der Waals surface area (Å²) in [4.78, 5) is 31.2. The number of carboxylic acid groups (broad SMARTS) is 1. The van der Waals surface area contributed by atoms with E-state index in [1.165, 1.54) is 12.0 Å². The predicted octanol–water partition coefficient (Wildman–Crippen LogP) is 1.43. The number of H-pyrrole nitrogens is 1. The number of hydrogen-bond donors (Lipinski definition) is 3. The van der Waals surface area contributed by atoms with Crippen LogP contribution in [-0.2, 0) is 4.74 Å². The van der Waals surface area contributed by atoms with E-state index in [2.05, 4.69) is 47.1 Å². The van der Waals surface area contributed by atoms with Gasteiger partial charge in [0.2, 0.25) is 0 Å². The zero-order valence-electron chi connectivity index (χ0n) is 11.1. The van der Waals surface area contributed by atoms with E-state index in [9.17, 15) is 9.59 Å². The summed E-state index contributed by atoms with van der Waals surface area (Å²) in [6, 6.07) is -0.263. The zero-order chi connectivity index (χ0) is 15.6. The topological polar surface area (TPSA) is 108 Å². The Balaban J connectivity index is 2.01. The number of piperidine rings is 1. The van der Waals surface area contributed by atoms with Crippen molar-refractivity contribution in [2.45, 2.75) is 18.6 Å². The number of halogens is 2. The molecule has 2 heterocycles. The van der Waals surface area contributed by atoms with Gasteiger partial charge in [-0.15, -0.1) is 0 Å². The molecule has 3 N–H and O–H groups in total.